The summed E-state index contributed by atoms with van der Waals surface area (Å²) in [5.74, 6) is -0.626. The van der Waals surface area contributed by atoms with Crippen molar-refractivity contribution >= 4 is 22.9 Å². The quantitative estimate of drug-likeness (QED) is 0.394. The maximum absolute atomic E-state index is 12.5. The lowest BCUT2D eigenvalue weighted by atomic mass is 9.93. The van der Waals surface area contributed by atoms with Crippen LogP contribution in [-0.4, -0.2) is 11.6 Å². The molecule has 0 unspecified atom stereocenters. The molecule has 24 heavy (non-hydrogen) atoms. The first kappa shape index (κ1) is 17.2. The predicted molar refractivity (Wildman–Crippen MR) is 95.3 cm³/mol. The van der Waals surface area contributed by atoms with Crippen LogP contribution in [0, 0.1) is 0 Å². The van der Waals surface area contributed by atoms with Crippen LogP contribution < -0.4 is 0 Å². The molecule has 2 aromatic carbocycles. The molecule has 0 fully saturated rings. The van der Waals surface area contributed by atoms with E-state index < -0.39 is 0 Å². The molecular weight excluding hydrogens is 300 g/mol. The third-order valence-corrected chi connectivity index (χ3v) is 3.32. The van der Waals surface area contributed by atoms with E-state index in [4.69, 9.17) is 0 Å². The van der Waals surface area contributed by atoms with Crippen molar-refractivity contribution in [2.45, 2.75) is 13.8 Å². The number of hydrogen-bond acceptors (Lipinski definition) is 4. The van der Waals surface area contributed by atoms with Crippen molar-refractivity contribution in [3.63, 3.8) is 0 Å². The minimum atomic E-state index is -0.331. The van der Waals surface area contributed by atoms with E-state index in [9.17, 15) is 9.59 Å². The van der Waals surface area contributed by atoms with Gasteiger partial charge >= 0.3 is 0 Å². The Bertz CT molecular complexity index is 849. The summed E-state index contributed by atoms with van der Waals surface area (Å²) in [4.78, 5) is 24.9. The molecule has 2 aromatic rings. The number of allylic oxidation sites excluding steroid dienone is 2. The van der Waals surface area contributed by atoms with Gasteiger partial charge < -0.3 is 0 Å². The fourth-order valence-electron chi connectivity index (χ4n) is 2.10. The zero-order valence-corrected chi connectivity index (χ0v) is 13.7. The Kier molecular flexibility index (Phi) is 5.32. The van der Waals surface area contributed by atoms with Crippen molar-refractivity contribution in [2.24, 2.45) is 10.2 Å². The number of azo groups is 1. The summed E-state index contributed by atoms with van der Waals surface area (Å²) in [6, 6.07) is 14.1. The van der Waals surface area contributed by atoms with Crippen LogP contribution in [0.4, 0.5) is 11.4 Å². The SMILES string of the molecule is C=C(C)C(=O)c1cccc(N=Nc2ccccc2)c1C(=O)C(=C)C. The molecule has 0 N–H and O–H groups in total. The van der Waals surface area contributed by atoms with Gasteiger partial charge in [0, 0.05) is 5.56 Å². The van der Waals surface area contributed by atoms with E-state index in [1.54, 1.807) is 44.2 Å². The molecule has 0 radical (unpaired) electrons. The number of rotatable bonds is 6. The number of benzene rings is 2. The molecule has 0 amide bonds. The molecule has 0 spiro atoms. The first-order valence-electron chi connectivity index (χ1n) is 7.42. The summed E-state index contributed by atoms with van der Waals surface area (Å²) in [5.41, 5.74) is 2.13. The van der Waals surface area contributed by atoms with Gasteiger partial charge in [-0.3, -0.25) is 9.59 Å². The molecule has 0 aromatic heterocycles. The van der Waals surface area contributed by atoms with Crippen LogP contribution in [0.1, 0.15) is 34.6 Å². The van der Waals surface area contributed by atoms with Crippen LogP contribution >= 0.6 is 0 Å². The monoisotopic (exact) mass is 318 g/mol. The zero-order chi connectivity index (χ0) is 17.7. The fourth-order valence-corrected chi connectivity index (χ4v) is 2.10. The standard InChI is InChI=1S/C20H18N2O2/c1-13(2)19(23)16-11-8-12-17(18(16)20(24)14(3)4)22-21-15-9-6-5-7-10-15/h5-12H,1,3H2,2,4H3. The normalized spacial score (nSPS) is 10.6. The second-order valence-electron chi connectivity index (χ2n) is 5.45. The number of carbonyl (C=O) groups is 2. The van der Waals surface area contributed by atoms with Gasteiger partial charge in [0.05, 0.1) is 16.9 Å². The number of nitrogens with zero attached hydrogens (tertiary/aromatic N) is 2. The molecule has 120 valence electrons. The molecule has 0 saturated carbocycles. The Morgan fingerprint density at radius 1 is 0.792 bits per heavy atom. The molecule has 4 nitrogen and oxygen atoms in total. The molecule has 2 rings (SSSR count). The van der Waals surface area contributed by atoms with Crippen molar-refractivity contribution in [3.8, 4) is 0 Å². The second-order valence-corrected chi connectivity index (χ2v) is 5.45. The van der Waals surface area contributed by atoms with E-state index in [2.05, 4.69) is 23.4 Å². The third kappa shape index (κ3) is 3.79. The molecule has 0 aliphatic carbocycles. The molecule has 4 heteroatoms. The highest BCUT2D eigenvalue weighted by Crippen LogP contribution is 2.28. The lowest BCUT2D eigenvalue weighted by molar-refractivity contribution is 0.1000. The first-order chi connectivity index (χ1) is 11.4. The van der Waals surface area contributed by atoms with Gasteiger partial charge in [-0.1, -0.05) is 43.5 Å². The topological polar surface area (TPSA) is 58.9 Å². The van der Waals surface area contributed by atoms with Crippen LogP contribution in [0.2, 0.25) is 0 Å². The lowest BCUT2D eigenvalue weighted by Crippen LogP contribution is -2.10. The van der Waals surface area contributed by atoms with Crippen LogP contribution in [0.5, 0.6) is 0 Å². The van der Waals surface area contributed by atoms with Gasteiger partial charge in [-0.15, -0.1) is 5.11 Å². The molecular formula is C20H18N2O2. The Hall–Kier alpha value is -3.14. The van der Waals surface area contributed by atoms with Gasteiger partial charge in [0.15, 0.2) is 11.6 Å². The zero-order valence-electron chi connectivity index (χ0n) is 13.7. The van der Waals surface area contributed by atoms with Crippen LogP contribution in [0.25, 0.3) is 0 Å². The van der Waals surface area contributed by atoms with Gasteiger partial charge in [-0.05, 0) is 43.2 Å². The smallest absolute Gasteiger partial charge is 0.191 e. The van der Waals surface area contributed by atoms with E-state index in [1.807, 2.05) is 18.2 Å². The van der Waals surface area contributed by atoms with Crippen LogP contribution in [0.3, 0.4) is 0 Å². The van der Waals surface area contributed by atoms with E-state index in [1.165, 1.54) is 0 Å². The van der Waals surface area contributed by atoms with Crippen molar-refractivity contribution < 1.29 is 9.59 Å². The summed E-state index contributed by atoms with van der Waals surface area (Å²) in [5, 5.41) is 8.30. The minimum absolute atomic E-state index is 0.206. The number of Topliss-reactive ketones (excluding diaryl/α,β-unsaturated/α-hetero) is 2. The minimum Gasteiger partial charge on any atom is -0.289 e. The van der Waals surface area contributed by atoms with Crippen molar-refractivity contribution in [2.75, 3.05) is 0 Å². The maximum Gasteiger partial charge on any atom is 0.191 e. The Balaban J connectivity index is 2.59. The summed E-state index contributed by atoms with van der Waals surface area (Å²) < 4.78 is 0. The van der Waals surface area contributed by atoms with E-state index in [-0.39, 0.29) is 22.7 Å². The summed E-state index contributed by atoms with van der Waals surface area (Å²) in [6.07, 6.45) is 0. The number of hydrogen-bond donors (Lipinski definition) is 0. The van der Waals surface area contributed by atoms with Gasteiger partial charge in [0.2, 0.25) is 0 Å². The van der Waals surface area contributed by atoms with Crippen molar-refractivity contribution in [1.82, 2.24) is 0 Å². The Morgan fingerprint density at radius 3 is 2.00 bits per heavy atom. The highest BCUT2D eigenvalue weighted by Gasteiger charge is 2.21. The van der Waals surface area contributed by atoms with E-state index in [0.717, 1.165) is 0 Å². The molecule has 0 aliphatic heterocycles. The molecule has 0 saturated heterocycles. The first-order valence-corrected chi connectivity index (χ1v) is 7.42. The average molecular weight is 318 g/mol. The lowest BCUT2D eigenvalue weighted by Gasteiger charge is -2.10. The Morgan fingerprint density at radius 2 is 1.42 bits per heavy atom. The summed E-state index contributed by atoms with van der Waals surface area (Å²) >= 11 is 0. The van der Waals surface area contributed by atoms with Gasteiger partial charge in [0.25, 0.3) is 0 Å². The van der Waals surface area contributed by atoms with Crippen LogP contribution in [0.15, 0.2) is 83.1 Å². The molecule has 0 heterocycles. The van der Waals surface area contributed by atoms with E-state index >= 15 is 0 Å². The fraction of sp³-hybridized carbons (Fsp3) is 0.100. The third-order valence-electron chi connectivity index (χ3n) is 3.32. The van der Waals surface area contributed by atoms with Gasteiger partial charge in [0.1, 0.15) is 0 Å². The Labute approximate surface area is 141 Å². The summed E-state index contributed by atoms with van der Waals surface area (Å²) in [6.45, 7) is 10.5. The molecule has 0 aliphatic rings. The second kappa shape index (κ2) is 7.42. The number of ketones is 2. The molecule has 0 atom stereocenters. The van der Waals surface area contributed by atoms with Crippen molar-refractivity contribution in [3.05, 3.63) is 84.0 Å². The predicted octanol–water partition coefficient (Wildman–Crippen LogP) is 5.62. The van der Waals surface area contributed by atoms with Crippen molar-refractivity contribution in [1.29, 1.82) is 0 Å². The van der Waals surface area contributed by atoms with Gasteiger partial charge in [-0.25, -0.2) is 0 Å². The largest absolute Gasteiger partial charge is 0.289 e. The maximum atomic E-state index is 12.5. The van der Waals surface area contributed by atoms with Gasteiger partial charge in [-0.2, -0.15) is 5.11 Å². The molecule has 0 bridgehead atoms. The summed E-state index contributed by atoms with van der Waals surface area (Å²) in [7, 11) is 0. The highest BCUT2D eigenvalue weighted by molar-refractivity contribution is 6.20. The average Bonchev–Trinajstić information content (AvgIpc) is 2.59. The number of carbonyl (C=O) groups excluding carboxylic acids is 2. The highest BCUT2D eigenvalue weighted by atomic mass is 16.1. The van der Waals surface area contributed by atoms with E-state index in [0.29, 0.717) is 22.5 Å². The van der Waals surface area contributed by atoms with Crippen LogP contribution in [-0.2, 0) is 0 Å².